The van der Waals surface area contributed by atoms with Gasteiger partial charge in [-0.25, -0.2) is 0 Å². The molecule has 126 valence electrons. The lowest BCUT2D eigenvalue weighted by Gasteiger charge is -2.21. The lowest BCUT2D eigenvalue weighted by Crippen LogP contribution is -2.13. The molecule has 21 heavy (non-hydrogen) atoms. The molecule has 4 nitrogen and oxygen atoms in total. The van der Waals surface area contributed by atoms with Crippen molar-refractivity contribution in [3.63, 3.8) is 0 Å². The average molecular weight is 302 g/mol. The fraction of sp³-hybridized carbons (Fsp3) is 0.882. The third-order valence-electron chi connectivity index (χ3n) is 2.77. The van der Waals surface area contributed by atoms with Crippen LogP contribution in [0, 0.1) is 11.3 Å². The van der Waals surface area contributed by atoms with Gasteiger partial charge < -0.3 is 9.84 Å². The molecule has 1 N–H and O–H groups in total. The maximum Gasteiger partial charge on any atom is 0.305 e. The SMILES string of the molecule is CC(CC(=O)O)CC(C)(C)C.CCCCCC(=O)OCC. The van der Waals surface area contributed by atoms with Crippen LogP contribution < -0.4 is 0 Å². The Morgan fingerprint density at radius 2 is 1.71 bits per heavy atom. The third kappa shape index (κ3) is 21.4. The molecule has 0 saturated carbocycles. The van der Waals surface area contributed by atoms with Gasteiger partial charge >= 0.3 is 11.9 Å². The van der Waals surface area contributed by atoms with E-state index in [2.05, 4.69) is 27.7 Å². The highest BCUT2D eigenvalue weighted by atomic mass is 16.5. The number of esters is 1. The minimum Gasteiger partial charge on any atom is -0.481 e. The van der Waals surface area contributed by atoms with Gasteiger partial charge in [-0.3, -0.25) is 9.59 Å². The summed E-state index contributed by atoms with van der Waals surface area (Å²) >= 11 is 0. The highest BCUT2D eigenvalue weighted by molar-refractivity contribution is 5.69. The number of aliphatic carboxylic acids is 1. The van der Waals surface area contributed by atoms with Gasteiger partial charge in [-0.15, -0.1) is 0 Å². The molecule has 0 heterocycles. The first-order valence-electron chi connectivity index (χ1n) is 7.99. The van der Waals surface area contributed by atoms with E-state index in [0.29, 0.717) is 13.0 Å². The van der Waals surface area contributed by atoms with Crippen molar-refractivity contribution < 1.29 is 19.4 Å². The number of carbonyl (C=O) groups excluding carboxylic acids is 1. The molecular formula is C17H34O4. The van der Waals surface area contributed by atoms with Crippen molar-refractivity contribution in [1.82, 2.24) is 0 Å². The monoisotopic (exact) mass is 302 g/mol. The average Bonchev–Trinajstić information content (AvgIpc) is 2.26. The van der Waals surface area contributed by atoms with Crippen LogP contribution in [0.1, 0.15) is 80.1 Å². The molecule has 4 heteroatoms. The van der Waals surface area contributed by atoms with E-state index < -0.39 is 5.97 Å². The molecule has 1 unspecified atom stereocenters. The van der Waals surface area contributed by atoms with Crippen LogP contribution in [0.15, 0.2) is 0 Å². The van der Waals surface area contributed by atoms with Crippen molar-refractivity contribution in [2.24, 2.45) is 11.3 Å². The second-order valence-corrected chi connectivity index (χ2v) is 6.73. The maximum atomic E-state index is 10.7. The van der Waals surface area contributed by atoms with E-state index >= 15 is 0 Å². The smallest absolute Gasteiger partial charge is 0.305 e. The van der Waals surface area contributed by atoms with Crippen LogP contribution in [0.5, 0.6) is 0 Å². The van der Waals surface area contributed by atoms with E-state index in [1.807, 2.05) is 13.8 Å². The normalized spacial score (nSPS) is 12.1. The molecule has 0 aliphatic carbocycles. The zero-order valence-electron chi connectivity index (χ0n) is 14.7. The summed E-state index contributed by atoms with van der Waals surface area (Å²) in [5, 5.41) is 8.48. The van der Waals surface area contributed by atoms with Crippen molar-refractivity contribution >= 4 is 11.9 Å². The standard InChI is InChI=1S/C9H18O2.C8H16O2/c1-7(5-8(10)11)6-9(2,3)4;1-3-5-6-7-8(9)10-4-2/h7H,5-6H2,1-4H3,(H,10,11);3-7H2,1-2H3. The highest BCUT2D eigenvalue weighted by Crippen LogP contribution is 2.25. The Morgan fingerprint density at radius 3 is 2.10 bits per heavy atom. The number of hydrogen-bond donors (Lipinski definition) is 1. The fourth-order valence-corrected chi connectivity index (χ4v) is 2.17. The number of hydrogen-bond acceptors (Lipinski definition) is 3. The van der Waals surface area contributed by atoms with Crippen molar-refractivity contribution in [2.75, 3.05) is 6.61 Å². The Morgan fingerprint density at radius 1 is 1.14 bits per heavy atom. The summed E-state index contributed by atoms with van der Waals surface area (Å²) < 4.78 is 4.75. The molecule has 0 spiro atoms. The number of carboxylic acid groups (broad SMARTS) is 1. The van der Waals surface area contributed by atoms with Crippen molar-refractivity contribution in [3.8, 4) is 0 Å². The molecule has 0 fully saturated rings. The van der Waals surface area contributed by atoms with E-state index in [1.165, 1.54) is 0 Å². The Kier molecular flexibility index (Phi) is 13.4. The second-order valence-electron chi connectivity index (χ2n) is 6.73. The van der Waals surface area contributed by atoms with Crippen LogP contribution in [0.3, 0.4) is 0 Å². The Balaban J connectivity index is 0. The van der Waals surface area contributed by atoms with Gasteiger partial charge in [-0.05, 0) is 31.1 Å². The predicted molar refractivity (Wildman–Crippen MR) is 86.3 cm³/mol. The van der Waals surface area contributed by atoms with Crippen LogP contribution in [0.4, 0.5) is 0 Å². The summed E-state index contributed by atoms with van der Waals surface area (Å²) in [5.74, 6) is -0.467. The van der Waals surface area contributed by atoms with E-state index in [9.17, 15) is 9.59 Å². The van der Waals surface area contributed by atoms with E-state index in [-0.39, 0.29) is 23.7 Å². The van der Waals surface area contributed by atoms with E-state index in [0.717, 1.165) is 25.7 Å². The molecule has 0 saturated heterocycles. The van der Waals surface area contributed by atoms with Gasteiger partial charge in [0, 0.05) is 12.8 Å². The number of ether oxygens (including phenoxy) is 1. The number of unbranched alkanes of at least 4 members (excludes halogenated alkanes) is 2. The van der Waals surface area contributed by atoms with Gasteiger partial charge in [-0.2, -0.15) is 0 Å². The predicted octanol–water partition coefficient (Wildman–Crippen LogP) is 4.66. The first kappa shape index (κ1) is 22.2. The quantitative estimate of drug-likeness (QED) is 0.523. The first-order valence-corrected chi connectivity index (χ1v) is 7.99. The molecule has 0 aromatic rings. The number of carboxylic acids is 1. The van der Waals surface area contributed by atoms with Crippen LogP contribution in [0.25, 0.3) is 0 Å². The van der Waals surface area contributed by atoms with Crippen LogP contribution in [0.2, 0.25) is 0 Å². The van der Waals surface area contributed by atoms with Crippen molar-refractivity contribution in [1.29, 1.82) is 0 Å². The second kappa shape index (κ2) is 12.7. The van der Waals surface area contributed by atoms with Gasteiger partial charge in [0.1, 0.15) is 0 Å². The largest absolute Gasteiger partial charge is 0.481 e. The number of rotatable bonds is 8. The summed E-state index contributed by atoms with van der Waals surface area (Å²) in [4.78, 5) is 21.0. The van der Waals surface area contributed by atoms with Gasteiger partial charge in [0.05, 0.1) is 6.61 Å². The highest BCUT2D eigenvalue weighted by Gasteiger charge is 2.16. The fourth-order valence-electron chi connectivity index (χ4n) is 2.17. The summed E-state index contributed by atoms with van der Waals surface area (Å²) in [6.07, 6.45) is 5.09. The zero-order chi connectivity index (χ0) is 16.9. The van der Waals surface area contributed by atoms with Crippen LogP contribution in [-0.4, -0.2) is 23.7 Å². The Bertz CT molecular complexity index is 279. The van der Waals surface area contributed by atoms with E-state index in [4.69, 9.17) is 9.84 Å². The topological polar surface area (TPSA) is 63.6 Å². The number of carbonyl (C=O) groups is 2. The van der Waals surface area contributed by atoms with Crippen molar-refractivity contribution in [2.45, 2.75) is 80.1 Å². The molecule has 0 bridgehead atoms. The molecule has 0 rings (SSSR count). The van der Waals surface area contributed by atoms with Crippen LogP contribution >= 0.6 is 0 Å². The van der Waals surface area contributed by atoms with Crippen molar-refractivity contribution in [3.05, 3.63) is 0 Å². The molecule has 0 aromatic carbocycles. The molecule has 0 amide bonds. The zero-order valence-corrected chi connectivity index (χ0v) is 14.7. The van der Waals surface area contributed by atoms with Gasteiger partial charge in [-0.1, -0.05) is 47.5 Å². The van der Waals surface area contributed by atoms with Gasteiger partial charge in [0.15, 0.2) is 0 Å². The van der Waals surface area contributed by atoms with Gasteiger partial charge in [0.2, 0.25) is 0 Å². The van der Waals surface area contributed by atoms with E-state index in [1.54, 1.807) is 0 Å². The summed E-state index contributed by atoms with van der Waals surface area (Å²) in [6, 6.07) is 0. The molecule has 1 atom stereocenters. The molecule has 0 aliphatic heterocycles. The summed E-state index contributed by atoms with van der Waals surface area (Å²) in [5.41, 5.74) is 0.245. The van der Waals surface area contributed by atoms with Crippen LogP contribution in [-0.2, 0) is 14.3 Å². The Labute approximate surface area is 130 Å². The minimum absolute atomic E-state index is 0.0593. The minimum atomic E-state index is -0.693. The first-order chi connectivity index (χ1) is 9.62. The van der Waals surface area contributed by atoms with Gasteiger partial charge in [0.25, 0.3) is 0 Å². The molecular weight excluding hydrogens is 268 g/mol. The summed E-state index contributed by atoms with van der Waals surface area (Å²) in [7, 11) is 0. The Hall–Kier alpha value is -1.06. The molecule has 0 aliphatic rings. The molecule has 0 aromatic heterocycles. The summed E-state index contributed by atoms with van der Waals surface area (Å²) in [6.45, 7) is 12.8. The lowest BCUT2D eigenvalue weighted by molar-refractivity contribution is -0.143. The maximum absolute atomic E-state index is 10.7. The third-order valence-corrected chi connectivity index (χ3v) is 2.77. The lowest BCUT2D eigenvalue weighted by atomic mass is 9.84. The molecule has 0 radical (unpaired) electrons.